The summed E-state index contributed by atoms with van der Waals surface area (Å²) < 4.78 is 0. The van der Waals surface area contributed by atoms with E-state index in [4.69, 9.17) is 0 Å². The molecule has 0 aliphatic carbocycles. The first kappa shape index (κ1) is 14.5. The van der Waals surface area contributed by atoms with Crippen molar-refractivity contribution in [2.45, 2.75) is 45.6 Å². The molecule has 1 atom stereocenters. The number of aryl methyl sites for hydroxylation is 2. The molecule has 1 unspecified atom stereocenters. The van der Waals surface area contributed by atoms with Crippen LogP contribution in [0, 0.1) is 13.8 Å². The van der Waals surface area contributed by atoms with Crippen molar-refractivity contribution in [1.29, 1.82) is 0 Å². The van der Waals surface area contributed by atoms with Gasteiger partial charge in [-0.25, -0.2) is 0 Å². The van der Waals surface area contributed by atoms with Gasteiger partial charge in [-0.2, -0.15) is 0 Å². The summed E-state index contributed by atoms with van der Waals surface area (Å²) in [6.07, 6.45) is 5.54. The minimum Gasteiger partial charge on any atom is -0.312 e. The van der Waals surface area contributed by atoms with Crippen molar-refractivity contribution in [1.82, 2.24) is 10.2 Å². The third-order valence-electron chi connectivity index (χ3n) is 4.42. The van der Waals surface area contributed by atoms with Gasteiger partial charge in [-0.3, -0.25) is 0 Å². The molecule has 1 aromatic rings. The Labute approximate surface area is 118 Å². The summed E-state index contributed by atoms with van der Waals surface area (Å²) in [6.45, 7) is 8.06. The highest BCUT2D eigenvalue weighted by Gasteiger charge is 2.16. The lowest BCUT2D eigenvalue weighted by molar-refractivity contribution is 0.255. The number of likely N-dealkylation sites (tertiary alicyclic amines) is 1. The second-order valence-corrected chi connectivity index (χ2v) is 5.90. The summed E-state index contributed by atoms with van der Waals surface area (Å²) in [5.74, 6) is 0. The van der Waals surface area contributed by atoms with E-state index in [-0.39, 0.29) is 0 Å². The largest absolute Gasteiger partial charge is 0.312 e. The van der Waals surface area contributed by atoms with Gasteiger partial charge in [-0.1, -0.05) is 31.0 Å². The van der Waals surface area contributed by atoms with Crippen LogP contribution in [0.15, 0.2) is 18.2 Å². The van der Waals surface area contributed by atoms with Crippen LogP contribution in [0.3, 0.4) is 0 Å². The standard InChI is InChI=1S/C17H28N2/c1-14-8-9-16(12-15(14)2)17(18-3)13-19-10-6-4-5-7-11-19/h8-9,12,17-18H,4-7,10-11,13H2,1-3H3. The second kappa shape index (κ2) is 7.06. The first-order valence-corrected chi connectivity index (χ1v) is 7.67. The highest BCUT2D eigenvalue weighted by molar-refractivity contribution is 5.31. The molecule has 1 fully saturated rings. The van der Waals surface area contributed by atoms with Gasteiger partial charge in [0.1, 0.15) is 0 Å². The molecule has 1 aliphatic heterocycles. The van der Waals surface area contributed by atoms with E-state index in [1.807, 2.05) is 0 Å². The molecule has 106 valence electrons. The predicted octanol–water partition coefficient (Wildman–Crippen LogP) is 3.44. The fraction of sp³-hybridized carbons (Fsp3) is 0.647. The number of benzene rings is 1. The Hall–Kier alpha value is -0.860. The Bertz CT molecular complexity index is 392. The summed E-state index contributed by atoms with van der Waals surface area (Å²) in [5.41, 5.74) is 4.21. The molecule has 0 bridgehead atoms. The molecule has 0 aromatic heterocycles. The topological polar surface area (TPSA) is 15.3 Å². The maximum absolute atomic E-state index is 3.49. The van der Waals surface area contributed by atoms with Gasteiger partial charge in [-0.05, 0) is 63.5 Å². The van der Waals surface area contributed by atoms with E-state index in [1.54, 1.807) is 0 Å². The van der Waals surface area contributed by atoms with Crippen molar-refractivity contribution in [3.8, 4) is 0 Å². The van der Waals surface area contributed by atoms with E-state index < -0.39 is 0 Å². The van der Waals surface area contributed by atoms with Crippen LogP contribution in [0.25, 0.3) is 0 Å². The Morgan fingerprint density at radius 2 is 1.74 bits per heavy atom. The molecule has 2 nitrogen and oxygen atoms in total. The van der Waals surface area contributed by atoms with E-state index >= 15 is 0 Å². The van der Waals surface area contributed by atoms with Crippen LogP contribution in [0.2, 0.25) is 0 Å². The zero-order valence-corrected chi connectivity index (χ0v) is 12.7. The number of nitrogens with zero attached hydrogens (tertiary/aromatic N) is 1. The van der Waals surface area contributed by atoms with E-state index in [0.717, 1.165) is 6.54 Å². The summed E-state index contributed by atoms with van der Waals surface area (Å²) in [6, 6.07) is 7.32. The Morgan fingerprint density at radius 1 is 1.05 bits per heavy atom. The first-order valence-electron chi connectivity index (χ1n) is 7.67. The van der Waals surface area contributed by atoms with E-state index in [9.17, 15) is 0 Å². The molecule has 1 heterocycles. The molecule has 1 N–H and O–H groups in total. The minimum atomic E-state index is 0.456. The normalized spacial score (nSPS) is 19.1. The molecule has 1 saturated heterocycles. The van der Waals surface area contributed by atoms with Crippen molar-refractivity contribution in [2.24, 2.45) is 0 Å². The predicted molar refractivity (Wildman–Crippen MR) is 82.6 cm³/mol. The third-order valence-corrected chi connectivity index (χ3v) is 4.42. The quantitative estimate of drug-likeness (QED) is 0.892. The van der Waals surface area contributed by atoms with E-state index in [0.29, 0.717) is 6.04 Å². The van der Waals surface area contributed by atoms with Gasteiger partial charge in [0.15, 0.2) is 0 Å². The average Bonchev–Trinajstić information content (AvgIpc) is 2.68. The Kier molecular flexibility index (Phi) is 5.41. The van der Waals surface area contributed by atoms with Crippen LogP contribution >= 0.6 is 0 Å². The lowest BCUT2D eigenvalue weighted by atomic mass is 10.0. The second-order valence-electron chi connectivity index (χ2n) is 5.90. The Morgan fingerprint density at radius 3 is 2.32 bits per heavy atom. The van der Waals surface area contributed by atoms with Crippen LogP contribution in [0.4, 0.5) is 0 Å². The first-order chi connectivity index (χ1) is 9.20. The van der Waals surface area contributed by atoms with Crippen LogP contribution < -0.4 is 5.32 Å². The molecule has 0 saturated carbocycles. The van der Waals surface area contributed by atoms with Gasteiger partial charge in [0.25, 0.3) is 0 Å². The lowest BCUT2D eigenvalue weighted by Gasteiger charge is -2.26. The lowest BCUT2D eigenvalue weighted by Crippen LogP contribution is -2.34. The van der Waals surface area contributed by atoms with E-state index in [2.05, 4.69) is 49.3 Å². The monoisotopic (exact) mass is 260 g/mol. The van der Waals surface area contributed by atoms with Gasteiger partial charge in [0, 0.05) is 12.6 Å². The van der Waals surface area contributed by atoms with Crippen LogP contribution in [0.1, 0.15) is 48.4 Å². The molecule has 0 spiro atoms. The number of hydrogen-bond acceptors (Lipinski definition) is 2. The highest BCUT2D eigenvalue weighted by atomic mass is 15.1. The molecule has 2 rings (SSSR count). The van der Waals surface area contributed by atoms with Gasteiger partial charge < -0.3 is 10.2 Å². The molecule has 0 amide bonds. The van der Waals surface area contributed by atoms with Gasteiger partial charge >= 0.3 is 0 Å². The molecule has 1 aromatic carbocycles. The van der Waals surface area contributed by atoms with Crippen molar-refractivity contribution in [3.63, 3.8) is 0 Å². The average molecular weight is 260 g/mol. The van der Waals surface area contributed by atoms with Crippen molar-refractivity contribution < 1.29 is 0 Å². The number of hydrogen-bond donors (Lipinski definition) is 1. The summed E-state index contributed by atoms with van der Waals surface area (Å²) in [7, 11) is 2.08. The minimum absolute atomic E-state index is 0.456. The number of rotatable bonds is 4. The highest BCUT2D eigenvalue weighted by Crippen LogP contribution is 2.19. The molecule has 1 aliphatic rings. The smallest absolute Gasteiger partial charge is 0.0446 e. The number of likely N-dealkylation sites (N-methyl/N-ethyl adjacent to an activating group) is 1. The number of nitrogens with one attached hydrogen (secondary N) is 1. The molecule has 19 heavy (non-hydrogen) atoms. The molecule has 0 radical (unpaired) electrons. The van der Waals surface area contributed by atoms with Crippen molar-refractivity contribution >= 4 is 0 Å². The van der Waals surface area contributed by atoms with Crippen LogP contribution in [0.5, 0.6) is 0 Å². The van der Waals surface area contributed by atoms with Crippen LogP contribution in [-0.2, 0) is 0 Å². The van der Waals surface area contributed by atoms with Gasteiger partial charge in [0.2, 0.25) is 0 Å². The van der Waals surface area contributed by atoms with Gasteiger partial charge in [0.05, 0.1) is 0 Å². The third kappa shape index (κ3) is 4.05. The zero-order chi connectivity index (χ0) is 13.7. The fourth-order valence-electron chi connectivity index (χ4n) is 2.92. The molecular formula is C17H28N2. The molecule has 2 heteroatoms. The molecular weight excluding hydrogens is 232 g/mol. The van der Waals surface area contributed by atoms with Crippen molar-refractivity contribution in [2.75, 3.05) is 26.7 Å². The summed E-state index contributed by atoms with van der Waals surface area (Å²) in [5, 5.41) is 3.49. The maximum Gasteiger partial charge on any atom is 0.0446 e. The fourth-order valence-corrected chi connectivity index (χ4v) is 2.92. The zero-order valence-electron chi connectivity index (χ0n) is 12.7. The van der Waals surface area contributed by atoms with Crippen molar-refractivity contribution in [3.05, 3.63) is 34.9 Å². The summed E-state index contributed by atoms with van der Waals surface area (Å²) >= 11 is 0. The van der Waals surface area contributed by atoms with E-state index in [1.165, 1.54) is 55.5 Å². The van der Waals surface area contributed by atoms with Crippen LogP contribution in [-0.4, -0.2) is 31.6 Å². The van der Waals surface area contributed by atoms with Gasteiger partial charge in [-0.15, -0.1) is 0 Å². The Balaban J connectivity index is 2.03. The SMILES string of the molecule is CNC(CN1CCCCCC1)c1ccc(C)c(C)c1. The maximum atomic E-state index is 3.49. The summed E-state index contributed by atoms with van der Waals surface area (Å²) in [4.78, 5) is 2.63.